The van der Waals surface area contributed by atoms with Gasteiger partial charge in [-0.25, -0.2) is 0 Å². The van der Waals surface area contributed by atoms with Crippen LogP contribution in [0.25, 0.3) is 0 Å². The average Bonchev–Trinajstić information content (AvgIpc) is 3.47. The molecule has 0 saturated heterocycles. The van der Waals surface area contributed by atoms with Crippen molar-refractivity contribution in [3.05, 3.63) is 97.2 Å². The van der Waals surface area contributed by atoms with Gasteiger partial charge in [0.05, 0.1) is 0 Å². The second-order valence-corrected chi connectivity index (χ2v) is 23.1. The van der Waals surface area contributed by atoms with E-state index in [1.165, 1.54) is 193 Å². The van der Waals surface area contributed by atoms with Crippen molar-refractivity contribution < 1.29 is 28.6 Å². The van der Waals surface area contributed by atoms with Crippen LogP contribution in [0.3, 0.4) is 0 Å². The highest BCUT2D eigenvalue weighted by Crippen LogP contribution is 2.17. The van der Waals surface area contributed by atoms with Crippen molar-refractivity contribution in [2.45, 2.75) is 348 Å². The molecule has 0 saturated carbocycles. The maximum atomic E-state index is 12.9. The van der Waals surface area contributed by atoms with Crippen LogP contribution in [0.2, 0.25) is 0 Å². The molecular weight excluding hydrogens is 997 g/mol. The van der Waals surface area contributed by atoms with E-state index in [1.54, 1.807) is 0 Å². The topological polar surface area (TPSA) is 78.9 Å². The molecule has 0 aliphatic carbocycles. The molecule has 0 aliphatic rings. The Morgan fingerprint density at radius 2 is 0.481 bits per heavy atom. The van der Waals surface area contributed by atoms with Gasteiger partial charge in [0.25, 0.3) is 0 Å². The number of carbonyl (C=O) groups is 3. The molecule has 0 heterocycles. The lowest BCUT2D eigenvalue weighted by Crippen LogP contribution is -2.30. The number of hydrogen-bond acceptors (Lipinski definition) is 6. The minimum Gasteiger partial charge on any atom is -0.462 e. The minimum absolute atomic E-state index is 0.0782. The third kappa shape index (κ3) is 67.0. The SMILES string of the molecule is CC/C=C\C/C=C\C/C=C\C/C=C\C/C=C\C/C=C\C/C=C\CCCCCCCCCC(=O)OCC(COC(=O)CCCCCCCCC)OC(=O)CCCCCCCCCCCCCCCCC/C=C\CCCCCCCCCC. The molecule has 0 aromatic rings. The van der Waals surface area contributed by atoms with E-state index in [0.29, 0.717) is 19.3 Å². The molecule has 466 valence electrons. The molecule has 0 aromatic heterocycles. The first-order chi connectivity index (χ1) is 40.0. The Balaban J connectivity index is 4.12. The van der Waals surface area contributed by atoms with Gasteiger partial charge in [-0.1, -0.05) is 317 Å². The summed E-state index contributed by atoms with van der Waals surface area (Å²) < 4.78 is 16.9. The lowest BCUT2D eigenvalue weighted by atomic mass is 10.0. The van der Waals surface area contributed by atoms with Crippen molar-refractivity contribution in [2.75, 3.05) is 13.2 Å². The molecule has 81 heavy (non-hydrogen) atoms. The highest BCUT2D eigenvalue weighted by Gasteiger charge is 2.19. The van der Waals surface area contributed by atoms with Crippen LogP contribution in [0, 0.1) is 0 Å². The maximum Gasteiger partial charge on any atom is 0.306 e. The summed E-state index contributed by atoms with van der Waals surface area (Å²) in [5, 5.41) is 0. The summed E-state index contributed by atoms with van der Waals surface area (Å²) in [6.45, 7) is 6.51. The lowest BCUT2D eigenvalue weighted by molar-refractivity contribution is -0.167. The summed E-state index contributed by atoms with van der Waals surface area (Å²) in [5.74, 6) is -0.883. The Morgan fingerprint density at radius 3 is 0.765 bits per heavy atom. The first-order valence-corrected chi connectivity index (χ1v) is 34.7. The van der Waals surface area contributed by atoms with Crippen molar-refractivity contribution in [1.82, 2.24) is 0 Å². The van der Waals surface area contributed by atoms with Crippen LogP contribution in [0.4, 0.5) is 0 Å². The molecule has 0 N–H and O–H groups in total. The summed E-state index contributed by atoms with van der Waals surface area (Å²) in [6, 6.07) is 0. The number of allylic oxidation sites excluding steroid dienone is 16. The van der Waals surface area contributed by atoms with Crippen LogP contribution in [0.5, 0.6) is 0 Å². The molecule has 0 spiro atoms. The van der Waals surface area contributed by atoms with Crippen LogP contribution >= 0.6 is 0 Å². The molecule has 0 fully saturated rings. The molecule has 0 aliphatic heterocycles. The van der Waals surface area contributed by atoms with E-state index in [1.807, 2.05) is 0 Å². The Hall–Kier alpha value is -3.67. The molecule has 6 nitrogen and oxygen atoms in total. The largest absolute Gasteiger partial charge is 0.462 e. The van der Waals surface area contributed by atoms with Crippen LogP contribution in [0.15, 0.2) is 97.2 Å². The van der Waals surface area contributed by atoms with E-state index >= 15 is 0 Å². The summed E-state index contributed by atoms with van der Waals surface area (Å²) in [6.07, 6.45) is 93.2. The first-order valence-electron chi connectivity index (χ1n) is 34.7. The minimum atomic E-state index is -0.780. The molecule has 0 radical (unpaired) electrons. The van der Waals surface area contributed by atoms with Gasteiger partial charge >= 0.3 is 17.9 Å². The molecule has 0 rings (SSSR count). The van der Waals surface area contributed by atoms with E-state index < -0.39 is 6.10 Å². The number of ether oxygens (including phenoxy) is 3. The van der Waals surface area contributed by atoms with E-state index in [2.05, 4.69) is 118 Å². The highest BCUT2D eigenvalue weighted by molar-refractivity contribution is 5.71. The van der Waals surface area contributed by atoms with Gasteiger partial charge in [-0.3, -0.25) is 14.4 Å². The fraction of sp³-hybridized carbons (Fsp3) is 0.747. The summed E-state index contributed by atoms with van der Waals surface area (Å²) in [4.78, 5) is 38.2. The number of rotatable bonds is 63. The average molecular weight is 1130 g/mol. The summed E-state index contributed by atoms with van der Waals surface area (Å²) in [5.41, 5.74) is 0. The van der Waals surface area contributed by atoms with Gasteiger partial charge in [0.1, 0.15) is 13.2 Å². The standard InChI is InChI=1S/C75H130O6/c1-4-7-10-13-16-18-20-22-24-26-28-30-32-34-36-37-39-40-42-44-46-48-50-52-54-56-59-62-65-68-74(77)80-71-72(70-79-73(76)67-64-61-58-15-12-9-6-3)81-75(78)69-66-63-60-57-55-53-51-49-47-45-43-41-38-35-33-31-29-27-25-23-21-19-17-14-11-8-5-2/h7,10,16,18,22,24,27-30,34,36,39-40,44,46,72H,4-6,8-9,11-15,17,19-21,23,25-26,31-33,35,37-38,41-43,45,47-71H2,1-3H3/b10-7-,18-16-,24-22-,29-27-,30-28-,36-34-,40-39-,46-44-. The normalized spacial score (nSPS) is 12.7. The molecule has 1 unspecified atom stereocenters. The van der Waals surface area contributed by atoms with Gasteiger partial charge in [-0.15, -0.1) is 0 Å². The third-order valence-electron chi connectivity index (χ3n) is 15.1. The zero-order chi connectivity index (χ0) is 58.5. The molecule has 0 amide bonds. The molecule has 6 heteroatoms. The Labute approximate surface area is 502 Å². The zero-order valence-electron chi connectivity index (χ0n) is 53.5. The second kappa shape index (κ2) is 68.8. The fourth-order valence-corrected chi connectivity index (χ4v) is 9.89. The van der Waals surface area contributed by atoms with E-state index in [9.17, 15) is 14.4 Å². The molecule has 1 atom stereocenters. The summed E-state index contributed by atoms with van der Waals surface area (Å²) >= 11 is 0. The third-order valence-corrected chi connectivity index (χ3v) is 15.1. The monoisotopic (exact) mass is 1130 g/mol. The highest BCUT2D eigenvalue weighted by atomic mass is 16.6. The Kier molecular flexibility index (Phi) is 65.7. The van der Waals surface area contributed by atoms with E-state index in [4.69, 9.17) is 14.2 Å². The van der Waals surface area contributed by atoms with Gasteiger partial charge in [-0.2, -0.15) is 0 Å². The van der Waals surface area contributed by atoms with Gasteiger partial charge in [-0.05, 0) is 103 Å². The van der Waals surface area contributed by atoms with E-state index in [-0.39, 0.29) is 31.1 Å². The number of unbranched alkanes of at least 4 members (excludes halogenated alkanes) is 36. The smallest absolute Gasteiger partial charge is 0.306 e. The van der Waals surface area contributed by atoms with Crippen LogP contribution < -0.4 is 0 Å². The zero-order valence-corrected chi connectivity index (χ0v) is 53.5. The van der Waals surface area contributed by atoms with E-state index in [0.717, 1.165) is 109 Å². The van der Waals surface area contributed by atoms with Crippen molar-refractivity contribution in [2.24, 2.45) is 0 Å². The number of esters is 3. The van der Waals surface area contributed by atoms with Crippen molar-refractivity contribution >= 4 is 17.9 Å². The van der Waals surface area contributed by atoms with Gasteiger partial charge in [0.2, 0.25) is 0 Å². The quantitative estimate of drug-likeness (QED) is 0.0261. The van der Waals surface area contributed by atoms with Gasteiger partial charge in [0, 0.05) is 19.3 Å². The van der Waals surface area contributed by atoms with Crippen molar-refractivity contribution in [3.8, 4) is 0 Å². The Morgan fingerprint density at radius 1 is 0.259 bits per heavy atom. The van der Waals surface area contributed by atoms with Gasteiger partial charge < -0.3 is 14.2 Å². The van der Waals surface area contributed by atoms with Gasteiger partial charge in [0.15, 0.2) is 6.10 Å². The predicted molar refractivity (Wildman–Crippen MR) is 353 cm³/mol. The number of carbonyl (C=O) groups excluding carboxylic acids is 3. The van der Waals surface area contributed by atoms with Crippen molar-refractivity contribution in [3.63, 3.8) is 0 Å². The fourth-order valence-electron chi connectivity index (χ4n) is 9.89. The predicted octanol–water partition coefficient (Wildman–Crippen LogP) is 24.0. The lowest BCUT2D eigenvalue weighted by Gasteiger charge is -2.18. The number of hydrogen-bond donors (Lipinski definition) is 0. The van der Waals surface area contributed by atoms with Crippen molar-refractivity contribution in [1.29, 1.82) is 0 Å². The Bertz CT molecular complexity index is 1580. The molecular formula is C75H130O6. The second-order valence-electron chi connectivity index (χ2n) is 23.1. The maximum absolute atomic E-state index is 12.9. The molecule has 0 aromatic carbocycles. The van der Waals surface area contributed by atoms with Crippen LogP contribution in [-0.2, 0) is 28.6 Å². The summed E-state index contributed by atoms with van der Waals surface area (Å²) in [7, 11) is 0. The van der Waals surface area contributed by atoms with Crippen LogP contribution in [-0.4, -0.2) is 37.2 Å². The first kappa shape index (κ1) is 77.3. The van der Waals surface area contributed by atoms with Crippen LogP contribution in [0.1, 0.15) is 342 Å². The molecule has 0 bridgehead atoms.